The molecule has 0 bridgehead atoms. The zero-order valence-corrected chi connectivity index (χ0v) is 21.4. The third kappa shape index (κ3) is 8.03. The second-order valence-corrected chi connectivity index (χ2v) is 10.5. The number of ketones is 1. The van der Waals surface area contributed by atoms with Gasteiger partial charge < -0.3 is 0 Å². The Kier molecular flexibility index (Phi) is 11.3. The molecule has 0 aromatic heterocycles. The summed E-state index contributed by atoms with van der Waals surface area (Å²) in [7, 11) is 0. The van der Waals surface area contributed by atoms with Gasteiger partial charge in [0.1, 0.15) is 0 Å². The van der Waals surface area contributed by atoms with Crippen molar-refractivity contribution in [1.82, 2.24) is 0 Å². The molecule has 2 aliphatic rings. The Hall–Kier alpha value is -1.18. The van der Waals surface area contributed by atoms with E-state index in [9.17, 15) is 4.79 Å². The van der Waals surface area contributed by atoms with Crippen molar-refractivity contribution in [3.05, 3.63) is 22.3 Å². The van der Waals surface area contributed by atoms with Crippen LogP contribution in [0.4, 0.5) is 0 Å². The lowest BCUT2D eigenvalue weighted by atomic mass is 9.77. The van der Waals surface area contributed by atoms with Crippen LogP contribution in [0.2, 0.25) is 0 Å². The van der Waals surface area contributed by atoms with Gasteiger partial charge >= 0.3 is 0 Å². The minimum atomic E-state index is 0.0537. The number of allylic oxidation sites excluding steroid dienone is 4. The topological polar surface area (TPSA) is 29.4 Å². The van der Waals surface area contributed by atoms with Crippen LogP contribution in [-0.2, 0) is 4.79 Å². The number of fused-ring (bicyclic) bond motifs is 1. The van der Waals surface area contributed by atoms with Gasteiger partial charge in [0, 0.05) is 11.1 Å². The molecule has 1 aliphatic heterocycles. The fraction of sp³-hybridized carbons (Fsp3) is 0.793. The lowest BCUT2D eigenvalue weighted by Gasteiger charge is -2.35. The highest BCUT2D eigenvalue weighted by molar-refractivity contribution is 6.26. The first-order valence-corrected chi connectivity index (χ1v) is 13.4. The van der Waals surface area contributed by atoms with Crippen LogP contribution in [0.15, 0.2) is 27.3 Å². The number of aliphatic imine (C=N–C) groups is 1. The summed E-state index contributed by atoms with van der Waals surface area (Å²) in [5, 5.41) is 0. The van der Waals surface area contributed by atoms with Gasteiger partial charge in [0.15, 0.2) is 5.78 Å². The van der Waals surface area contributed by atoms with Crippen LogP contribution < -0.4 is 0 Å². The Morgan fingerprint density at radius 3 is 1.71 bits per heavy atom. The van der Waals surface area contributed by atoms with Crippen molar-refractivity contribution in [3.63, 3.8) is 0 Å². The molecule has 1 aliphatic carbocycles. The van der Waals surface area contributed by atoms with Crippen LogP contribution in [0.25, 0.3) is 0 Å². The molecule has 0 N–H and O–H groups in total. The maximum absolute atomic E-state index is 12.4. The van der Waals surface area contributed by atoms with Crippen LogP contribution in [0.1, 0.15) is 144 Å². The molecular weight excluding hydrogens is 378 g/mol. The van der Waals surface area contributed by atoms with Gasteiger partial charge in [0.05, 0.1) is 11.3 Å². The summed E-state index contributed by atoms with van der Waals surface area (Å²) in [4.78, 5) is 17.6. The normalized spacial score (nSPS) is 21.6. The van der Waals surface area contributed by atoms with E-state index in [0.717, 1.165) is 35.3 Å². The molecule has 2 rings (SSSR count). The molecule has 1 atom stereocenters. The zero-order valence-electron chi connectivity index (χ0n) is 21.4. The molecule has 0 saturated carbocycles. The Bertz CT molecular complexity index is 681. The first kappa shape index (κ1) is 26.1. The number of nitrogens with zero attached hydrogens (tertiary/aromatic N) is 1. The van der Waals surface area contributed by atoms with E-state index in [1.54, 1.807) is 0 Å². The highest BCUT2D eigenvalue weighted by Gasteiger charge is 2.34. The number of Topliss-reactive ketones (excluding diaryl/α,β-unsaturated/α-hetero) is 1. The van der Waals surface area contributed by atoms with Gasteiger partial charge in [-0.15, -0.1) is 0 Å². The van der Waals surface area contributed by atoms with Crippen molar-refractivity contribution in [3.8, 4) is 0 Å². The van der Waals surface area contributed by atoms with Gasteiger partial charge in [-0.05, 0) is 58.1 Å². The second kappa shape index (κ2) is 13.4. The van der Waals surface area contributed by atoms with E-state index in [0.29, 0.717) is 0 Å². The maximum Gasteiger partial charge on any atom is 0.185 e. The summed E-state index contributed by atoms with van der Waals surface area (Å²) in [5.41, 5.74) is 5.33. The molecule has 1 unspecified atom stereocenters. The quantitative estimate of drug-likeness (QED) is 0.189. The average Bonchev–Trinajstić information content (AvgIpc) is 2.76. The van der Waals surface area contributed by atoms with Gasteiger partial charge in [-0.25, -0.2) is 0 Å². The number of rotatable bonds is 15. The maximum atomic E-state index is 12.4. The Morgan fingerprint density at radius 2 is 1.19 bits per heavy atom. The molecule has 0 amide bonds. The SMILES string of the molecule is CCCCCCCCCCCCCCCCC1(C)CCC2=C(C)C(=O)C(C)=C(C)C2=N1. The highest BCUT2D eigenvalue weighted by atomic mass is 16.1. The Morgan fingerprint density at radius 1 is 0.710 bits per heavy atom. The van der Waals surface area contributed by atoms with Crippen molar-refractivity contribution >= 4 is 11.5 Å². The largest absolute Gasteiger partial charge is 0.289 e. The van der Waals surface area contributed by atoms with Crippen LogP contribution in [-0.4, -0.2) is 17.0 Å². The van der Waals surface area contributed by atoms with E-state index in [-0.39, 0.29) is 11.3 Å². The molecule has 0 spiro atoms. The summed E-state index contributed by atoms with van der Waals surface area (Å²) >= 11 is 0. The number of hydrogen-bond donors (Lipinski definition) is 0. The predicted molar refractivity (Wildman–Crippen MR) is 136 cm³/mol. The third-order valence-corrected chi connectivity index (χ3v) is 7.70. The Balaban J connectivity index is 1.59. The van der Waals surface area contributed by atoms with Crippen molar-refractivity contribution < 1.29 is 4.79 Å². The summed E-state index contributed by atoms with van der Waals surface area (Å²) in [5.74, 6) is 0.224. The zero-order chi connectivity index (χ0) is 22.7. The average molecular weight is 428 g/mol. The molecule has 0 saturated heterocycles. The molecule has 0 aromatic rings. The number of hydrogen-bond acceptors (Lipinski definition) is 2. The van der Waals surface area contributed by atoms with E-state index < -0.39 is 0 Å². The fourth-order valence-electron chi connectivity index (χ4n) is 5.23. The number of unbranched alkanes of at least 4 members (excludes halogenated alkanes) is 13. The summed E-state index contributed by atoms with van der Waals surface area (Å²) in [6.45, 7) is 10.6. The number of carbonyl (C=O) groups excluding carboxylic acids is 1. The first-order chi connectivity index (χ1) is 14.9. The predicted octanol–water partition coefficient (Wildman–Crippen LogP) is 9.09. The lowest BCUT2D eigenvalue weighted by Crippen LogP contribution is -2.33. The standard InChI is InChI=1S/C29H49NO/c1-6-7-8-9-10-11-12-13-14-15-16-17-18-19-21-29(5)22-20-26-25(4)28(31)24(3)23(2)27(26)30-29/h6-22H2,1-5H3. The van der Waals surface area contributed by atoms with Gasteiger partial charge in [-0.1, -0.05) is 96.8 Å². The summed E-state index contributed by atoms with van der Waals surface area (Å²) in [6, 6.07) is 0. The van der Waals surface area contributed by atoms with E-state index >= 15 is 0 Å². The molecule has 0 radical (unpaired) electrons. The Labute approximate surface area is 193 Å². The van der Waals surface area contributed by atoms with E-state index in [2.05, 4.69) is 20.8 Å². The van der Waals surface area contributed by atoms with Crippen LogP contribution in [0.5, 0.6) is 0 Å². The van der Waals surface area contributed by atoms with Crippen LogP contribution in [0.3, 0.4) is 0 Å². The van der Waals surface area contributed by atoms with E-state index in [1.165, 1.54) is 102 Å². The molecule has 0 aromatic carbocycles. The second-order valence-electron chi connectivity index (χ2n) is 10.5. The fourth-order valence-corrected chi connectivity index (χ4v) is 5.23. The minimum absolute atomic E-state index is 0.0537. The van der Waals surface area contributed by atoms with Crippen molar-refractivity contribution in [2.24, 2.45) is 4.99 Å². The van der Waals surface area contributed by atoms with Crippen molar-refractivity contribution in [2.75, 3.05) is 0 Å². The molecule has 176 valence electrons. The van der Waals surface area contributed by atoms with E-state index in [1.807, 2.05) is 13.8 Å². The van der Waals surface area contributed by atoms with Crippen molar-refractivity contribution in [2.45, 2.75) is 149 Å². The summed E-state index contributed by atoms with van der Waals surface area (Å²) < 4.78 is 0. The summed E-state index contributed by atoms with van der Waals surface area (Å²) in [6.07, 6.45) is 23.0. The van der Waals surface area contributed by atoms with Crippen LogP contribution >= 0.6 is 0 Å². The molecule has 2 nitrogen and oxygen atoms in total. The molecule has 1 heterocycles. The first-order valence-electron chi connectivity index (χ1n) is 13.4. The molecule has 2 heteroatoms. The molecular formula is C29H49NO. The monoisotopic (exact) mass is 427 g/mol. The molecule has 31 heavy (non-hydrogen) atoms. The van der Waals surface area contributed by atoms with Crippen LogP contribution in [0, 0.1) is 0 Å². The number of carbonyl (C=O) groups is 1. The van der Waals surface area contributed by atoms with Gasteiger partial charge in [-0.3, -0.25) is 9.79 Å². The highest BCUT2D eigenvalue weighted by Crippen LogP contribution is 2.38. The molecule has 0 fully saturated rings. The van der Waals surface area contributed by atoms with Crippen molar-refractivity contribution in [1.29, 1.82) is 0 Å². The smallest absolute Gasteiger partial charge is 0.185 e. The lowest BCUT2D eigenvalue weighted by molar-refractivity contribution is -0.112. The van der Waals surface area contributed by atoms with Gasteiger partial charge in [0.25, 0.3) is 0 Å². The minimum Gasteiger partial charge on any atom is -0.289 e. The van der Waals surface area contributed by atoms with Gasteiger partial charge in [-0.2, -0.15) is 0 Å². The third-order valence-electron chi connectivity index (χ3n) is 7.70. The van der Waals surface area contributed by atoms with E-state index in [4.69, 9.17) is 4.99 Å². The van der Waals surface area contributed by atoms with Gasteiger partial charge in [0.2, 0.25) is 0 Å².